The fourth-order valence-electron chi connectivity index (χ4n) is 2.70. The van der Waals surface area contributed by atoms with E-state index < -0.39 is 0 Å². The summed E-state index contributed by atoms with van der Waals surface area (Å²) >= 11 is 0. The fraction of sp³-hybridized carbons (Fsp3) is 0.111. The van der Waals surface area contributed by atoms with Crippen LogP contribution in [0.5, 0.6) is 11.5 Å². The average molecular weight is 264 g/mol. The van der Waals surface area contributed by atoms with Crippen molar-refractivity contribution in [2.24, 2.45) is 0 Å². The summed E-state index contributed by atoms with van der Waals surface area (Å²) in [5.41, 5.74) is 1.88. The lowest BCUT2D eigenvalue weighted by Gasteiger charge is -2.17. The summed E-state index contributed by atoms with van der Waals surface area (Å²) in [4.78, 5) is 0. The van der Waals surface area contributed by atoms with E-state index in [1.807, 2.05) is 61.5 Å². The van der Waals surface area contributed by atoms with Crippen molar-refractivity contribution >= 4 is 10.8 Å². The van der Waals surface area contributed by atoms with E-state index in [-0.39, 0.29) is 17.4 Å². The van der Waals surface area contributed by atoms with Crippen molar-refractivity contribution in [2.45, 2.75) is 12.8 Å². The number of aromatic hydroxyl groups is 2. The van der Waals surface area contributed by atoms with E-state index in [9.17, 15) is 10.2 Å². The molecule has 0 heterocycles. The van der Waals surface area contributed by atoms with Gasteiger partial charge in [-0.25, -0.2) is 0 Å². The van der Waals surface area contributed by atoms with Gasteiger partial charge in [0.05, 0.1) is 0 Å². The van der Waals surface area contributed by atoms with Crippen LogP contribution in [0.1, 0.15) is 24.0 Å². The Labute approximate surface area is 117 Å². The van der Waals surface area contributed by atoms with Crippen LogP contribution in [0.2, 0.25) is 0 Å². The largest absolute Gasteiger partial charge is 0.504 e. The van der Waals surface area contributed by atoms with Crippen LogP contribution < -0.4 is 0 Å². The van der Waals surface area contributed by atoms with Crippen molar-refractivity contribution in [3.63, 3.8) is 0 Å². The molecule has 1 unspecified atom stereocenters. The lowest BCUT2D eigenvalue weighted by Crippen LogP contribution is -1.98. The van der Waals surface area contributed by atoms with E-state index in [0.717, 1.165) is 21.9 Å². The Morgan fingerprint density at radius 1 is 0.850 bits per heavy atom. The number of phenolic OH excluding ortho intramolecular Hbond substituents is 2. The predicted molar refractivity (Wildman–Crippen MR) is 81.2 cm³/mol. The molecule has 0 spiro atoms. The highest BCUT2D eigenvalue weighted by atomic mass is 16.3. The van der Waals surface area contributed by atoms with E-state index in [1.165, 1.54) is 0 Å². The van der Waals surface area contributed by atoms with Crippen molar-refractivity contribution in [3.8, 4) is 11.5 Å². The molecule has 100 valence electrons. The van der Waals surface area contributed by atoms with Crippen molar-refractivity contribution in [1.82, 2.24) is 0 Å². The van der Waals surface area contributed by atoms with E-state index in [2.05, 4.69) is 0 Å². The van der Waals surface area contributed by atoms with E-state index in [0.29, 0.717) is 0 Å². The molecular weight excluding hydrogens is 248 g/mol. The lowest BCUT2D eigenvalue weighted by molar-refractivity contribution is 0.399. The van der Waals surface area contributed by atoms with Crippen molar-refractivity contribution in [3.05, 3.63) is 71.8 Å². The van der Waals surface area contributed by atoms with Crippen LogP contribution in [0.4, 0.5) is 0 Å². The molecule has 2 heteroatoms. The third-order valence-electron chi connectivity index (χ3n) is 3.77. The third-order valence-corrected chi connectivity index (χ3v) is 3.77. The molecule has 0 amide bonds. The molecule has 20 heavy (non-hydrogen) atoms. The number of phenols is 2. The minimum Gasteiger partial charge on any atom is -0.504 e. The highest BCUT2D eigenvalue weighted by Gasteiger charge is 2.18. The summed E-state index contributed by atoms with van der Waals surface area (Å²) in [6.45, 7) is 2.04. The Kier molecular flexibility index (Phi) is 3.07. The molecule has 0 aliphatic rings. The summed E-state index contributed by atoms with van der Waals surface area (Å²) < 4.78 is 0. The van der Waals surface area contributed by atoms with Crippen LogP contribution in [0.15, 0.2) is 60.7 Å². The number of rotatable bonds is 2. The summed E-state index contributed by atoms with van der Waals surface area (Å²) in [5.74, 6) is -0.0882. The van der Waals surface area contributed by atoms with Crippen LogP contribution in [-0.4, -0.2) is 10.2 Å². The molecule has 0 aromatic heterocycles. The molecular formula is C18H16O2. The smallest absolute Gasteiger partial charge is 0.161 e. The highest BCUT2D eigenvalue weighted by Crippen LogP contribution is 2.42. The molecule has 3 rings (SSSR count). The van der Waals surface area contributed by atoms with Crippen molar-refractivity contribution in [2.75, 3.05) is 0 Å². The molecule has 0 bridgehead atoms. The second-order valence-corrected chi connectivity index (χ2v) is 5.01. The van der Waals surface area contributed by atoms with Gasteiger partial charge in [0.15, 0.2) is 11.5 Å². The molecule has 0 saturated carbocycles. The SMILES string of the molecule is CC(c1ccccc1)c1c(O)c(O)cc2ccccc12. The van der Waals surface area contributed by atoms with Crippen LogP contribution in [0, 0.1) is 0 Å². The fourth-order valence-corrected chi connectivity index (χ4v) is 2.70. The molecule has 1 atom stereocenters. The van der Waals surface area contributed by atoms with Crippen LogP contribution >= 0.6 is 0 Å². The Hall–Kier alpha value is -2.48. The first-order chi connectivity index (χ1) is 9.68. The van der Waals surface area contributed by atoms with Gasteiger partial charge in [0.2, 0.25) is 0 Å². The second-order valence-electron chi connectivity index (χ2n) is 5.01. The lowest BCUT2D eigenvalue weighted by atomic mass is 9.88. The van der Waals surface area contributed by atoms with Gasteiger partial charge in [-0.15, -0.1) is 0 Å². The molecule has 0 aliphatic heterocycles. The van der Waals surface area contributed by atoms with E-state index in [4.69, 9.17) is 0 Å². The molecule has 0 aliphatic carbocycles. The molecule has 2 nitrogen and oxygen atoms in total. The number of hydrogen-bond donors (Lipinski definition) is 2. The van der Waals surface area contributed by atoms with Gasteiger partial charge < -0.3 is 10.2 Å². The topological polar surface area (TPSA) is 40.5 Å². The quantitative estimate of drug-likeness (QED) is 0.673. The molecule has 0 saturated heterocycles. The van der Waals surface area contributed by atoms with Gasteiger partial charge >= 0.3 is 0 Å². The number of hydrogen-bond acceptors (Lipinski definition) is 2. The first kappa shape index (κ1) is 12.5. The summed E-state index contributed by atoms with van der Waals surface area (Å²) in [6.07, 6.45) is 0. The van der Waals surface area contributed by atoms with E-state index in [1.54, 1.807) is 6.07 Å². The minimum atomic E-state index is -0.0681. The minimum absolute atomic E-state index is 0.00759. The molecule has 2 N–H and O–H groups in total. The predicted octanol–water partition coefficient (Wildman–Crippen LogP) is 4.40. The zero-order valence-electron chi connectivity index (χ0n) is 11.2. The molecule has 0 fully saturated rings. The average Bonchev–Trinajstić information content (AvgIpc) is 2.49. The molecule has 3 aromatic carbocycles. The van der Waals surface area contributed by atoms with Crippen molar-refractivity contribution < 1.29 is 10.2 Å². The van der Waals surface area contributed by atoms with Crippen LogP contribution in [-0.2, 0) is 0 Å². The maximum absolute atomic E-state index is 10.3. The van der Waals surface area contributed by atoms with Crippen LogP contribution in [0.25, 0.3) is 10.8 Å². The Balaban J connectivity index is 2.27. The zero-order valence-corrected chi connectivity index (χ0v) is 11.2. The summed E-state index contributed by atoms with van der Waals surface area (Å²) in [7, 11) is 0. The number of benzene rings is 3. The van der Waals surface area contributed by atoms with Gasteiger partial charge in [0.25, 0.3) is 0 Å². The molecule has 0 radical (unpaired) electrons. The van der Waals surface area contributed by atoms with Crippen LogP contribution in [0.3, 0.4) is 0 Å². The highest BCUT2D eigenvalue weighted by molar-refractivity contribution is 5.90. The summed E-state index contributed by atoms with van der Waals surface area (Å²) in [6, 6.07) is 19.4. The Morgan fingerprint density at radius 2 is 1.50 bits per heavy atom. The monoisotopic (exact) mass is 264 g/mol. The van der Waals surface area contributed by atoms with Gasteiger partial charge in [-0.2, -0.15) is 0 Å². The van der Waals surface area contributed by atoms with Gasteiger partial charge in [0, 0.05) is 11.5 Å². The van der Waals surface area contributed by atoms with Gasteiger partial charge in [-0.3, -0.25) is 0 Å². The van der Waals surface area contributed by atoms with Gasteiger partial charge in [-0.05, 0) is 22.4 Å². The normalized spacial score (nSPS) is 12.4. The Morgan fingerprint density at radius 3 is 2.25 bits per heavy atom. The first-order valence-corrected chi connectivity index (χ1v) is 6.67. The van der Waals surface area contributed by atoms with E-state index >= 15 is 0 Å². The molecule has 3 aromatic rings. The Bertz CT molecular complexity index is 748. The number of fused-ring (bicyclic) bond motifs is 1. The standard InChI is InChI=1S/C18H16O2/c1-12(13-7-3-2-4-8-13)17-15-10-6-5-9-14(15)11-16(19)18(17)20/h2-12,19-20H,1H3. The van der Waals surface area contributed by atoms with Gasteiger partial charge in [-0.1, -0.05) is 61.5 Å². The summed E-state index contributed by atoms with van der Waals surface area (Å²) in [5, 5.41) is 22.1. The zero-order chi connectivity index (χ0) is 14.1. The maximum Gasteiger partial charge on any atom is 0.161 e. The first-order valence-electron chi connectivity index (χ1n) is 6.67. The van der Waals surface area contributed by atoms with Crippen molar-refractivity contribution in [1.29, 1.82) is 0 Å². The maximum atomic E-state index is 10.3. The third kappa shape index (κ3) is 1.99. The van der Waals surface area contributed by atoms with Gasteiger partial charge in [0.1, 0.15) is 0 Å². The second kappa shape index (κ2) is 4.89.